The van der Waals surface area contributed by atoms with Crippen molar-refractivity contribution in [1.82, 2.24) is 14.5 Å². The van der Waals surface area contributed by atoms with Gasteiger partial charge in [0.25, 0.3) is 5.56 Å². The highest BCUT2D eigenvalue weighted by atomic mass is 16.5. The average molecular weight is 462 g/mol. The molecule has 0 bridgehead atoms. The van der Waals surface area contributed by atoms with Crippen LogP contribution in [0.25, 0.3) is 12.3 Å². The van der Waals surface area contributed by atoms with Crippen molar-refractivity contribution < 1.29 is 4.74 Å². The largest absolute Gasteiger partial charge is 0.491 e. The third-order valence-corrected chi connectivity index (χ3v) is 6.74. The first-order chi connectivity index (χ1) is 16.2. The maximum absolute atomic E-state index is 13.8. The van der Waals surface area contributed by atoms with Gasteiger partial charge in [-0.1, -0.05) is 32.1 Å². The Hall–Kier alpha value is -2.66. The number of rotatable bonds is 6. The molecule has 5 heteroatoms. The van der Waals surface area contributed by atoms with Crippen LogP contribution in [0.1, 0.15) is 88.9 Å². The van der Waals surface area contributed by atoms with Gasteiger partial charge in [0.1, 0.15) is 11.6 Å². The SMILES string of the molecule is CC(C)Oc1cccc(C2C=Cc3nc(C(C)C)n(/C=C4/CCCN(C(C)C)C4)c(=O)c3C2)c1. The molecule has 34 heavy (non-hydrogen) atoms. The summed E-state index contributed by atoms with van der Waals surface area (Å²) in [4.78, 5) is 21.3. The molecule has 1 fully saturated rings. The van der Waals surface area contributed by atoms with Gasteiger partial charge in [0.15, 0.2) is 0 Å². The van der Waals surface area contributed by atoms with Crippen LogP contribution in [0.4, 0.5) is 0 Å². The van der Waals surface area contributed by atoms with Crippen LogP contribution in [-0.4, -0.2) is 39.7 Å². The van der Waals surface area contributed by atoms with Gasteiger partial charge in [0, 0.05) is 36.2 Å². The maximum Gasteiger partial charge on any atom is 0.261 e. The summed E-state index contributed by atoms with van der Waals surface area (Å²) in [7, 11) is 0. The lowest BCUT2D eigenvalue weighted by molar-refractivity contribution is 0.216. The lowest BCUT2D eigenvalue weighted by Gasteiger charge is -2.32. The first-order valence-corrected chi connectivity index (χ1v) is 12.8. The topological polar surface area (TPSA) is 47.4 Å². The van der Waals surface area contributed by atoms with Gasteiger partial charge in [0.2, 0.25) is 0 Å². The van der Waals surface area contributed by atoms with Crippen LogP contribution >= 0.6 is 0 Å². The molecule has 2 aromatic rings. The second-order valence-electron chi connectivity index (χ2n) is 10.5. The van der Waals surface area contributed by atoms with Crippen molar-refractivity contribution in [2.75, 3.05) is 13.1 Å². The zero-order valence-corrected chi connectivity index (χ0v) is 21.5. The summed E-state index contributed by atoms with van der Waals surface area (Å²) in [6, 6.07) is 8.74. The smallest absolute Gasteiger partial charge is 0.261 e. The van der Waals surface area contributed by atoms with Gasteiger partial charge in [-0.15, -0.1) is 0 Å². The van der Waals surface area contributed by atoms with Gasteiger partial charge >= 0.3 is 0 Å². The van der Waals surface area contributed by atoms with E-state index in [1.807, 2.05) is 36.6 Å². The summed E-state index contributed by atoms with van der Waals surface area (Å²) in [6.45, 7) is 14.8. The van der Waals surface area contributed by atoms with Crippen molar-refractivity contribution in [1.29, 1.82) is 0 Å². The average Bonchev–Trinajstić information content (AvgIpc) is 2.80. The third-order valence-electron chi connectivity index (χ3n) is 6.74. The number of hydrogen-bond acceptors (Lipinski definition) is 4. The lowest BCUT2D eigenvalue weighted by atomic mass is 9.87. The number of ether oxygens (including phenoxy) is 1. The van der Waals surface area contributed by atoms with Crippen molar-refractivity contribution in [3.63, 3.8) is 0 Å². The van der Waals surface area contributed by atoms with E-state index < -0.39 is 0 Å². The highest BCUT2D eigenvalue weighted by molar-refractivity contribution is 5.56. The molecule has 0 saturated carbocycles. The Morgan fingerprint density at radius 2 is 1.94 bits per heavy atom. The molecule has 1 aromatic carbocycles. The summed E-state index contributed by atoms with van der Waals surface area (Å²) in [6.07, 6.45) is 9.25. The zero-order chi connectivity index (χ0) is 24.4. The van der Waals surface area contributed by atoms with Crippen LogP contribution < -0.4 is 10.3 Å². The second-order valence-corrected chi connectivity index (χ2v) is 10.5. The molecule has 1 unspecified atom stereocenters. The number of benzene rings is 1. The van der Waals surface area contributed by atoms with E-state index in [-0.39, 0.29) is 23.5 Å². The molecule has 0 spiro atoms. The molecular weight excluding hydrogens is 422 g/mol. The quantitative estimate of drug-likeness (QED) is 0.541. The van der Waals surface area contributed by atoms with Crippen LogP contribution in [0, 0.1) is 0 Å². The van der Waals surface area contributed by atoms with E-state index in [9.17, 15) is 4.79 Å². The van der Waals surface area contributed by atoms with Crippen molar-refractivity contribution in [2.24, 2.45) is 0 Å². The van der Waals surface area contributed by atoms with E-state index in [1.165, 1.54) is 5.57 Å². The van der Waals surface area contributed by atoms with Crippen LogP contribution in [0.3, 0.4) is 0 Å². The molecule has 1 saturated heterocycles. The first kappa shape index (κ1) is 24.5. The molecule has 1 aliphatic carbocycles. The zero-order valence-electron chi connectivity index (χ0n) is 21.5. The van der Waals surface area contributed by atoms with Gasteiger partial charge in [-0.05, 0) is 82.8 Å². The predicted octanol–water partition coefficient (Wildman–Crippen LogP) is 5.85. The van der Waals surface area contributed by atoms with Crippen molar-refractivity contribution >= 4 is 12.3 Å². The maximum atomic E-state index is 13.8. The Labute approximate surface area is 204 Å². The first-order valence-electron chi connectivity index (χ1n) is 12.8. The van der Waals surface area contributed by atoms with E-state index in [4.69, 9.17) is 9.72 Å². The highest BCUT2D eigenvalue weighted by Crippen LogP contribution is 2.31. The summed E-state index contributed by atoms with van der Waals surface area (Å²) < 4.78 is 7.74. The number of aromatic nitrogens is 2. The minimum absolute atomic E-state index is 0.0757. The molecule has 4 rings (SSSR count). The van der Waals surface area contributed by atoms with Crippen molar-refractivity contribution in [3.05, 3.63) is 68.9 Å². The van der Waals surface area contributed by atoms with E-state index in [0.717, 1.165) is 54.3 Å². The van der Waals surface area contributed by atoms with Crippen molar-refractivity contribution in [3.8, 4) is 5.75 Å². The molecule has 5 nitrogen and oxygen atoms in total. The molecule has 0 amide bonds. The Balaban J connectivity index is 1.70. The van der Waals surface area contributed by atoms with Gasteiger partial charge in [0.05, 0.1) is 11.8 Å². The van der Waals surface area contributed by atoms with E-state index in [0.29, 0.717) is 12.5 Å². The molecule has 2 aliphatic rings. The van der Waals surface area contributed by atoms with E-state index in [2.05, 4.69) is 57.0 Å². The summed E-state index contributed by atoms with van der Waals surface area (Å²) in [5.41, 5.74) is 4.18. The van der Waals surface area contributed by atoms with Crippen LogP contribution in [0.15, 0.2) is 40.7 Å². The van der Waals surface area contributed by atoms with Crippen LogP contribution in [-0.2, 0) is 6.42 Å². The summed E-state index contributed by atoms with van der Waals surface area (Å²) >= 11 is 0. The number of likely N-dealkylation sites (tertiary alicyclic amines) is 1. The number of allylic oxidation sites excluding steroid dienone is 1. The number of fused-ring (bicyclic) bond motifs is 1. The molecule has 1 aliphatic heterocycles. The van der Waals surface area contributed by atoms with Gasteiger partial charge in [-0.3, -0.25) is 14.3 Å². The molecule has 2 heterocycles. The Morgan fingerprint density at radius 1 is 1.15 bits per heavy atom. The van der Waals surface area contributed by atoms with E-state index in [1.54, 1.807) is 0 Å². The minimum atomic E-state index is 0.0757. The van der Waals surface area contributed by atoms with Crippen molar-refractivity contribution in [2.45, 2.75) is 84.8 Å². The van der Waals surface area contributed by atoms with Crippen LogP contribution in [0.5, 0.6) is 5.75 Å². The summed E-state index contributed by atoms with van der Waals surface area (Å²) in [5, 5.41) is 0. The molecule has 1 atom stereocenters. The fourth-order valence-corrected chi connectivity index (χ4v) is 4.94. The highest BCUT2D eigenvalue weighted by Gasteiger charge is 2.24. The monoisotopic (exact) mass is 461 g/mol. The number of piperidine rings is 1. The number of hydrogen-bond donors (Lipinski definition) is 0. The van der Waals surface area contributed by atoms with Gasteiger partial charge in [-0.2, -0.15) is 0 Å². The third kappa shape index (κ3) is 5.35. The Bertz CT molecular complexity index is 1140. The molecule has 0 radical (unpaired) electrons. The molecule has 0 N–H and O–H groups in total. The lowest BCUT2D eigenvalue weighted by Crippen LogP contribution is -2.37. The Morgan fingerprint density at radius 3 is 2.65 bits per heavy atom. The number of nitrogens with zero attached hydrogens (tertiary/aromatic N) is 3. The van der Waals surface area contributed by atoms with Gasteiger partial charge in [-0.25, -0.2) is 4.98 Å². The molecule has 1 aromatic heterocycles. The van der Waals surface area contributed by atoms with E-state index >= 15 is 0 Å². The predicted molar refractivity (Wildman–Crippen MR) is 140 cm³/mol. The fourth-order valence-electron chi connectivity index (χ4n) is 4.94. The Kier molecular flexibility index (Phi) is 7.42. The standard InChI is InChI=1S/C29H39N3O2/c1-19(2)28-30-27-13-12-24(23-10-7-11-25(15-23)34-21(5)6)16-26(27)29(33)32(28)18-22-9-8-14-31(17-22)20(3)4/h7,10-13,15,18-21,24H,8-9,14,16-17H2,1-6H3/b22-18-. The summed E-state index contributed by atoms with van der Waals surface area (Å²) in [5.74, 6) is 2.01. The molecular formula is C29H39N3O2. The normalized spacial score (nSPS) is 19.9. The van der Waals surface area contributed by atoms with Gasteiger partial charge < -0.3 is 4.74 Å². The fraction of sp³-hybridized carbons (Fsp3) is 0.517. The molecule has 182 valence electrons. The minimum Gasteiger partial charge on any atom is -0.491 e. The van der Waals surface area contributed by atoms with Crippen LogP contribution in [0.2, 0.25) is 0 Å². The second kappa shape index (κ2) is 10.3.